The molecule has 34 heavy (non-hydrogen) atoms. The number of aryl methyl sites for hydroxylation is 2. The molecule has 1 aliphatic rings. The number of imidazole rings is 1. The van der Waals surface area contributed by atoms with Crippen molar-refractivity contribution in [1.29, 1.82) is 0 Å². The van der Waals surface area contributed by atoms with Gasteiger partial charge in [0, 0.05) is 42.8 Å². The van der Waals surface area contributed by atoms with Gasteiger partial charge in [-0.2, -0.15) is 5.10 Å². The Morgan fingerprint density at radius 1 is 1.09 bits per heavy atom. The van der Waals surface area contributed by atoms with Crippen LogP contribution in [0.25, 0.3) is 33.3 Å². The molecule has 6 rings (SSSR count). The molecule has 1 N–H and O–H groups in total. The molecule has 1 saturated carbocycles. The third kappa shape index (κ3) is 3.76. The SMILES string of the molecule is Cc1nc2ccc(Oc3ccc4nc(-c5cnn(CC6CC(F)(F)C6)c5)cnc4c3C)cc2[nH]1. The van der Waals surface area contributed by atoms with E-state index in [0.29, 0.717) is 23.7 Å². The molecule has 3 heterocycles. The van der Waals surface area contributed by atoms with Gasteiger partial charge < -0.3 is 9.72 Å². The molecule has 0 bridgehead atoms. The number of nitrogens with one attached hydrogen (secondary N) is 1. The molecule has 0 spiro atoms. The topological polar surface area (TPSA) is 81.5 Å². The van der Waals surface area contributed by atoms with Crippen molar-refractivity contribution < 1.29 is 13.5 Å². The number of aromatic nitrogens is 6. The van der Waals surface area contributed by atoms with E-state index >= 15 is 0 Å². The molecule has 0 radical (unpaired) electrons. The highest BCUT2D eigenvalue weighted by atomic mass is 19.3. The van der Waals surface area contributed by atoms with Gasteiger partial charge in [-0.15, -0.1) is 0 Å². The van der Waals surface area contributed by atoms with Crippen molar-refractivity contribution in [2.75, 3.05) is 0 Å². The lowest BCUT2D eigenvalue weighted by Gasteiger charge is -2.34. The summed E-state index contributed by atoms with van der Waals surface area (Å²) in [5, 5.41) is 4.32. The second-order valence-corrected chi connectivity index (χ2v) is 9.00. The van der Waals surface area contributed by atoms with E-state index in [0.717, 1.165) is 39.0 Å². The van der Waals surface area contributed by atoms with E-state index in [4.69, 9.17) is 9.72 Å². The summed E-state index contributed by atoms with van der Waals surface area (Å²) >= 11 is 0. The van der Waals surface area contributed by atoms with Gasteiger partial charge in [0.25, 0.3) is 0 Å². The van der Waals surface area contributed by atoms with Crippen LogP contribution in [0.15, 0.2) is 48.9 Å². The van der Waals surface area contributed by atoms with Crippen LogP contribution in [0.4, 0.5) is 8.78 Å². The highest BCUT2D eigenvalue weighted by Crippen LogP contribution is 2.43. The van der Waals surface area contributed by atoms with Crippen molar-refractivity contribution in [3.63, 3.8) is 0 Å². The second kappa shape index (κ2) is 7.58. The Hall–Kier alpha value is -3.88. The van der Waals surface area contributed by atoms with Gasteiger partial charge in [-0.05, 0) is 44.0 Å². The zero-order valence-corrected chi connectivity index (χ0v) is 18.7. The number of fused-ring (bicyclic) bond motifs is 2. The predicted molar refractivity (Wildman–Crippen MR) is 124 cm³/mol. The molecule has 1 aliphatic carbocycles. The summed E-state index contributed by atoms with van der Waals surface area (Å²) in [6.45, 7) is 4.36. The fraction of sp³-hybridized carbons (Fsp3) is 0.280. The minimum atomic E-state index is -2.52. The quantitative estimate of drug-likeness (QED) is 0.357. The lowest BCUT2D eigenvalue weighted by Crippen LogP contribution is -2.37. The molecule has 9 heteroatoms. The van der Waals surface area contributed by atoms with Crippen molar-refractivity contribution in [2.45, 2.75) is 39.2 Å². The molecule has 3 aromatic heterocycles. The summed E-state index contributed by atoms with van der Waals surface area (Å²) in [6, 6.07) is 9.51. The highest BCUT2D eigenvalue weighted by molar-refractivity contribution is 5.82. The van der Waals surface area contributed by atoms with E-state index < -0.39 is 5.92 Å². The molecule has 5 aromatic rings. The Kier molecular flexibility index (Phi) is 4.62. The first-order chi connectivity index (χ1) is 16.3. The van der Waals surface area contributed by atoms with E-state index in [2.05, 4.69) is 20.1 Å². The molecule has 0 atom stereocenters. The fourth-order valence-electron chi connectivity index (χ4n) is 4.54. The Bertz CT molecular complexity index is 1530. The number of benzene rings is 2. The number of ether oxygens (including phenoxy) is 1. The molecular formula is C25H22F2N6O. The molecule has 0 saturated heterocycles. The van der Waals surface area contributed by atoms with E-state index in [-0.39, 0.29) is 18.8 Å². The average Bonchev–Trinajstić information content (AvgIpc) is 3.39. The van der Waals surface area contributed by atoms with Crippen molar-refractivity contribution >= 4 is 22.1 Å². The van der Waals surface area contributed by atoms with Crippen LogP contribution in [0.5, 0.6) is 11.5 Å². The Labute approximate surface area is 193 Å². The third-order valence-corrected chi connectivity index (χ3v) is 6.27. The standard InChI is InChI=1S/C25H22F2N6O/c1-14-23(34-18-3-4-19-21(7-18)31-15(2)30-19)6-5-20-24(14)28-11-22(32-20)17-10-29-33(13-17)12-16-8-25(26,27)9-16/h3-7,10-11,13,16H,8-9,12H2,1-2H3,(H,30,31). The first-order valence-corrected chi connectivity index (χ1v) is 11.1. The van der Waals surface area contributed by atoms with Gasteiger partial charge >= 0.3 is 0 Å². The maximum Gasteiger partial charge on any atom is 0.248 e. The maximum absolute atomic E-state index is 13.1. The number of hydrogen-bond donors (Lipinski definition) is 1. The molecule has 2 aromatic carbocycles. The van der Waals surface area contributed by atoms with E-state index in [9.17, 15) is 8.78 Å². The smallest absolute Gasteiger partial charge is 0.248 e. The van der Waals surface area contributed by atoms with Gasteiger partial charge in [0.1, 0.15) is 17.3 Å². The number of rotatable bonds is 5. The van der Waals surface area contributed by atoms with Crippen LogP contribution in [-0.2, 0) is 6.54 Å². The minimum absolute atomic E-state index is 0.0375. The molecule has 7 nitrogen and oxygen atoms in total. The van der Waals surface area contributed by atoms with Crippen LogP contribution < -0.4 is 4.74 Å². The Morgan fingerprint density at radius 3 is 2.74 bits per heavy atom. The summed E-state index contributed by atoms with van der Waals surface area (Å²) in [5.41, 5.74) is 5.69. The predicted octanol–water partition coefficient (Wildman–Crippen LogP) is 5.82. The first-order valence-electron chi connectivity index (χ1n) is 11.1. The zero-order chi connectivity index (χ0) is 23.4. The fourth-order valence-corrected chi connectivity index (χ4v) is 4.54. The van der Waals surface area contributed by atoms with Gasteiger partial charge in [-0.3, -0.25) is 9.67 Å². The summed E-state index contributed by atoms with van der Waals surface area (Å²) in [6.07, 6.45) is 5.10. The van der Waals surface area contributed by atoms with Gasteiger partial charge in [0.15, 0.2) is 0 Å². The number of nitrogens with zero attached hydrogens (tertiary/aromatic N) is 5. The summed E-state index contributed by atoms with van der Waals surface area (Å²) < 4.78 is 34.0. The number of alkyl halides is 2. The van der Waals surface area contributed by atoms with Crippen LogP contribution in [0.1, 0.15) is 24.2 Å². The molecule has 1 fully saturated rings. The molecule has 172 valence electrons. The lowest BCUT2D eigenvalue weighted by atomic mass is 9.81. The molecule has 0 aliphatic heterocycles. The monoisotopic (exact) mass is 460 g/mol. The van der Waals surface area contributed by atoms with Crippen molar-refractivity contribution in [3.05, 3.63) is 60.3 Å². The van der Waals surface area contributed by atoms with E-state index in [1.165, 1.54) is 0 Å². The number of H-pyrrole nitrogens is 1. The normalized spacial score (nSPS) is 15.6. The summed E-state index contributed by atoms with van der Waals surface area (Å²) in [4.78, 5) is 17.0. The van der Waals surface area contributed by atoms with Crippen molar-refractivity contribution in [2.24, 2.45) is 5.92 Å². The maximum atomic E-state index is 13.1. The van der Waals surface area contributed by atoms with E-state index in [1.54, 1.807) is 17.1 Å². The molecule has 0 amide bonds. The third-order valence-electron chi connectivity index (χ3n) is 6.27. The number of hydrogen-bond acceptors (Lipinski definition) is 5. The zero-order valence-electron chi connectivity index (χ0n) is 18.7. The second-order valence-electron chi connectivity index (χ2n) is 9.00. The van der Waals surface area contributed by atoms with Gasteiger partial charge in [-0.1, -0.05) is 0 Å². The summed E-state index contributed by atoms with van der Waals surface area (Å²) in [7, 11) is 0. The lowest BCUT2D eigenvalue weighted by molar-refractivity contribution is -0.114. The van der Waals surface area contributed by atoms with Crippen molar-refractivity contribution in [3.8, 4) is 22.8 Å². The number of halogens is 2. The molecule has 0 unspecified atom stereocenters. The van der Waals surface area contributed by atoms with Crippen LogP contribution in [0, 0.1) is 19.8 Å². The van der Waals surface area contributed by atoms with Crippen LogP contribution in [-0.4, -0.2) is 35.6 Å². The highest BCUT2D eigenvalue weighted by Gasteiger charge is 2.45. The van der Waals surface area contributed by atoms with Crippen LogP contribution >= 0.6 is 0 Å². The van der Waals surface area contributed by atoms with Crippen LogP contribution in [0.2, 0.25) is 0 Å². The first kappa shape index (κ1) is 20.7. The van der Waals surface area contributed by atoms with Gasteiger partial charge in [0.2, 0.25) is 5.92 Å². The largest absolute Gasteiger partial charge is 0.457 e. The minimum Gasteiger partial charge on any atom is -0.457 e. The van der Waals surface area contributed by atoms with Gasteiger partial charge in [-0.25, -0.2) is 18.7 Å². The average molecular weight is 460 g/mol. The summed E-state index contributed by atoms with van der Waals surface area (Å²) in [5.74, 6) is -0.287. The van der Waals surface area contributed by atoms with Gasteiger partial charge in [0.05, 0.1) is 40.2 Å². The van der Waals surface area contributed by atoms with Crippen molar-refractivity contribution in [1.82, 2.24) is 29.7 Å². The Morgan fingerprint density at radius 2 is 1.91 bits per heavy atom. The number of aromatic amines is 1. The molecular weight excluding hydrogens is 438 g/mol. The van der Waals surface area contributed by atoms with Crippen LogP contribution in [0.3, 0.4) is 0 Å². The Balaban J connectivity index is 1.23. The van der Waals surface area contributed by atoms with E-state index in [1.807, 2.05) is 50.4 Å².